The highest BCUT2D eigenvalue weighted by molar-refractivity contribution is 7.90. The molecule has 0 saturated heterocycles. The molecule has 4 rings (SSSR count). The first-order chi connectivity index (χ1) is 13.8. The van der Waals surface area contributed by atoms with Crippen molar-refractivity contribution >= 4 is 21.4 Å². The number of H-pyrrole nitrogens is 1. The van der Waals surface area contributed by atoms with Crippen LogP contribution in [-0.4, -0.2) is 24.6 Å². The molecular formula is C22H16ClFN2O2S. The largest absolute Gasteiger partial charge is 0.337 e. The lowest BCUT2D eigenvalue weighted by Gasteiger charge is -2.04. The minimum atomic E-state index is -3.29. The van der Waals surface area contributed by atoms with Crippen molar-refractivity contribution < 1.29 is 12.8 Å². The Hall–Kier alpha value is -2.96. The van der Waals surface area contributed by atoms with Crippen molar-refractivity contribution in [2.75, 3.05) is 6.26 Å². The molecule has 0 saturated carbocycles. The molecule has 0 aliphatic rings. The fourth-order valence-corrected chi connectivity index (χ4v) is 3.77. The molecule has 3 aromatic carbocycles. The maximum atomic E-state index is 13.4. The van der Waals surface area contributed by atoms with Crippen LogP contribution in [0.25, 0.3) is 33.9 Å². The molecule has 1 N–H and O–H groups in total. The molecule has 0 atom stereocenters. The lowest BCUT2D eigenvalue weighted by atomic mass is 10.1. The van der Waals surface area contributed by atoms with Crippen LogP contribution in [0.4, 0.5) is 4.39 Å². The van der Waals surface area contributed by atoms with Crippen LogP contribution in [0.15, 0.2) is 77.7 Å². The summed E-state index contributed by atoms with van der Waals surface area (Å²) in [6, 6.07) is 19.9. The van der Waals surface area contributed by atoms with Crippen molar-refractivity contribution in [3.8, 4) is 33.9 Å². The number of imidazole rings is 1. The summed E-state index contributed by atoms with van der Waals surface area (Å²) >= 11 is 5.98. The predicted molar refractivity (Wildman–Crippen MR) is 113 cm³/mol. The second-order valence-corrected chi connectivity index (χ2v) is 9.07. The van der Waals surface area contributed by atoms with E-state index in [-0.39, 0.29) is 10.7 Å². The fraction of sp³-hybridized carbons (Fsp3) is 0.0455. The molecule has 7 heteroatoms. The van der Waals surface area contributed by atoms with Gasteiger partial charge in [0.25, 0.3) is 0 Å². The van der Waals surface area contributed by atoms with Gasteiger partial charge >= 0.3 is 0 Å². The molecule has 4 nitrogen and oxygen atoms in total. The zero-order valence-corrected chi connectivity index (χ0v) is 16.9. The highest BCUT2D eigenvalue weighted by Gasteiger charge is 2.16. The Morgan fingerprint density at radius 3 is 1.97 bits per heavy atom. The number of aromatic amines is 1. The van der Waals surface area contributed by atoms with Gasteiger partial charge in [-0.25, -0.2) is 17.8 Å². The Labute approximate surface area is 172 Å². The normalized spacial score (nSPS) is 11.6. The van der Waals surface area contributed by atoms with Crippen molar-refractivity contribution in [2.24, 2.45) is 0 Å². The van der Waals surface area contributed by atoms with Gasteiger partial charge in [0.05, 0.1) is 16.3 Å². The summed E-state index contributed by atoms with van der Waals surface area (Å²) in [5.74, 6) is 0.299. The Morgan fingerprint density at radius 2 is 1.38 bits per heavy atom. The van der Waals surface area contributed by atoms with E-state index in [1.165, 1.54) is 18.4 Å². The number of hydrogen-bond acceptors (Lipinski definition) is 3. The van der Waals surface area contributed by atoms with Crippen molar-refractivity contribution in [3.63, 3.8) is 0 Å². The third kappa shape index (κ3) is 4.09. The first-order valence-corrected chi connectivity index (χ1v) is 11.0. The monoisotopic (exact) mass is 426 g/mol. The van der Waals surface area contributed by atoms with E-state index >= 15 is 0 Å². The smallest absolute Gasteiger partial charge is 0.175 e. The Kier molecular flexibility index (Phi) is 4.98. The maximum absolute atomic E-state index is 13.4. The van der Waals surface area contributed by atoms with E-state index in [1.54, 1.807) is 48.5 Å². The lowest BCUT2D eigenvalue weighted by Crippen LogP contribution is -1.96. The third-order valence-corrected chi connectivity index (χ3v) is 5.89. The van der Waals surface area contributed by atoms with Crippen molar-refractivity contribution in [1.29, 1.82) is 0 Å². The van der Waals surface area contributed by atoms with Crippen LogP contribution in [-0.2, 0) is 9.84 Å². The molecule has 1 aromatic heterocycles. The predicted octanol–water partition coefficient (Wildman–Crippen LogP) is 5.61. The molecule has 0 aliphatic carbocycles. The zero-order valence-electron chi connectivity index (χ0n) is 15.4. The van der Waals surface area contributed by atoms with Crippen LogP contribution in [0.5, 0.6) is 0 Å². The van der Waals surface area contributed by atoms with Crippen molar-refractivity contribution in [2.45, 2.75) is 4.90 Å². The van der Waals surface area contributed by atoms with Crippen LogP contribution in [0, 0.1) is 5.82 Å². The number of rotatable bonds is 4. The molecule has 0 spiro atoms. The lowest BCUT2D eigenvalue weighted by molar-refractivity contribution is 0.602. The molecule has 0 unspecified atom stereocenters. The average Bonchev–Trinajstić information content (AvgIpc) is 3.14. The quantitative estimate of drug-likeness (QED) is 0.461. The minimum Gasteiger partial charge on any atom is -0.337 e. The van der Waals surface area contributed by atoms with Crippen LogP contribution >= 0.6 is 11.6 Å². The zero-order chi connectivity index (χ0) is 20.6. The molecule has 0 fully saturated rings. The molecule has 4 aromatic rings. The molecule has 0 aliphatic heterocycles. The van der Waals surface area contributed by atoms with Gasteiger partial charge in [-0.1, -0.05) is 23.7 Å². The summed E-state index contributed by atoms with van der Waals surface area (Å²) in [5.41, 5.74) is 3.70. The molecule has 146 valence electrons. The van der Waals surface area contributed by atoms with Crippen LogP contribution in [0.2, 0.25) is 5.02 Å². The number of aromatic nitrogens is 2. The van der Waals surface area contributed by atoms with E-state index in [1.807, 2.05) is 12.1 Å². The Balaban J connectivity index is 1.86. The molecule has 0 amide bonds. The molecule has 0 radical (unpaired) electrons. The summed E-state index contributed by atoms with van der Waals surface area (Å²) in [7, 11) is -3.29. The van der Waals surface area contributed by atoms with E-state index < -0.39 is 9.84 Å². The number of sulfone groups is 1. The van der Waals surface area contributed by atoms with Crippen molar-refractivity contribution in [1.82, 2.24) is 9.97 Å². The number of benzene rings is 3. The summed E-state index contributed by atoms with van der Waals surface area (Å²) in [5, 5.41) is 0.621. The maximum Gasteiger partial charge on any atom is 0.175 e. The van der Waals surface area contributed by atoms with Gasteiger partial charge in [0.2, 0.25) is 0 Å². The number of hydrogen-bond donors (Lipinski definition) is 1. The highest BCUT2D eigenvalue weighted by atomic mass is 35.5. The topological polar surface area (TPSA) is 62.8 Å². The average molecular weight is 427 g/mol. The Bertz CT molecular complexity index is 1260. The molecule has 29 heavy (non-hydrogen) atoms. The number of halogens is 2. The highest BCUT2D eigenvalue weighted by Crippen LogP contribution is 2.33. The molecule has 1 heterocycles. The second-order valence-electron chi connectivity index (χ2n) is 6.62. The fourth-order valence-electron chi connectivity index (χ4n) is 3.01. The SMILES string of the molecule is CS(=O)(=O)c1ccc(-c2nc(-c3ccc(Cl)cc3)[nH]c2-c2ccc(F)cc2)cc1. The van der Waals surface area contributed by atoms with E-state index in [4.69, 9.17) is 16.6 Å². The standard InChI is InChI=1S/C22H16ClFN2O2S/c1-29(27,28)19-12-6-15(7-13-19)21-20(14-4-10-18(24)11-5-14)25-22(26-21)16-2-8-17(23)9-3-16/h2-13H,1H3,(H,25,26). The van der Waals surface area contributed by atoms with E-state index in [2.05, 4.69) is 4.98 Å². The van der Waals surface area contributed by atoms with Crippen LogP contribution in [0.3, 0.4) is 0 Å². The Morgan fingerprint density at radius 1 is 0.828 bits per heavy atom. The first kappa shape index (κ1) is 19.4. The van der Waals surface area contributed by atoms with Gasteiger partial charge in [-0.2, -0.15) is 0 Å². The van der Waals surface area contributed by atoms with Gasteiger partial charge in [0.15, 0.2) is 9.84 Å². The van der Waals surface area contributed by atoms with Gasteiger partial charge in [0.1, 0.15) is 11.6 Å². The van der Waals surface area contributed by atoms with Gasteiger partial charge in [0, 0.05) is 28.0 Å². The third-order valence-electron chi connectivity index (χ3n) is 4.51. The van der Waals surface area contributed by atoms with E-state index in [0.717, 1.165) is 16.7 Å². The summed E-state index contributed by atoms with van der Waals surface area (Å²) < 4.78 is 36.9. The van der Waals surface area contributed by atoms with Crippen molar-refractivity contribution in [3.05, 3.63) is 83.6 Å². The van der Waals surface area contributed by atoms with Gasteiger partial charge in [-0.3, -0.25) is 0 Å². The van der Waals surface area contributed by atoms with Crippen LogP contribution < -0.4 is 0 Å². The van der Waals surface area contributed by atoms with E-state index in [0.29, 0.717) is 22.2 Å². The van der Waals surface area contributed by atoms with Gasteiger partial charge in [-0.15, -0.1) is 0 Å². The van der Waals surface area contributed by atoms with Crippen LogP contribution in [0.1, 0.15) is 0 Å². The summed E-state index contributed by atoms with van der Waals surface area (Å²) in [6.45, 7) is 0. The molecular weight excluding hydrogens is 411 g/mol. The summed E-state index contributed by atoms with van der Waals surface area (Å²) in [6.07, 6.45) is 1.17. The van der Waals surface area contributed by atoms with Gasteiger partial charge < -0.3 is 4.98 Å². The number of nitrogens with zero attached hydrogens (tertiary/aromatic N) is 1. The van der Waals surface area contributed by atoms with E-state index in [9.17, 15) is 12.8 Å². The second kappa shape index (κ2) is 7.46. The first-order valence-electron chi connectivity index (χ1n) is 8.73. The molecule has 0 bridgehead atoms. The summed E-state index contributed by atoms with van der Waals surface area (Å²) in [4.78, 5) is 8.27. The van der Waals surface area contributed by atoms with Gasteiger partial charge in [-0.05, 0) is 60.7 Å². The minimum absolute atomic E-state index is 0.234. The number of nitrogens with one attached hydrogen (secondary N) is 1.